The molecule has 8 nitrogen and oxygen atoms in total. The number of rotatable bonds is 6. The molecule has 1 aliphatic heterocycles. The average Bonchev–Trinajstić information content (AvgIpc) is 3.29. The van der Waals surface area contributed by atoms with Crippen LogP contribution in [0.3, 0.4) is 0 Å². The first-order valence-electron chi connectivity index (χ1n) is 9.38. The average molecular weight is 411 g/mol. The van der Waals surface area contributed by atoms with Gasteiger partial charge >= 0.3 is 6.09 Å². The summed E-state index contributed by atoms with van der Waals surface area (Å²) in [7, 11) is 1.63. The third-order valence-electron chi connectivity index (χ3n) is 4.67. The Morgan fingerprint density at radius 3 is 2.76 bits per heavy atom. The quantitative estimate of drug-likeness (QED) is 0.674. The number of ether oxygens (including phenoxy) is 1. The van der Waals surface area contributed by atoms with Crippen molar-refractivity contribution in [2.45, 2.75) is 12.8 Å². The summed E-state index contributed by atoms with van der Waals surface area (Å²) in [4.78, 5) is 30.9. The van der Waals surface area contributed by atoms with Crippen molar-refractivity contribution in [2.24, 2.45) is 7.05 Å². The summed E-state index contributed by atoms with van der Waals surface area (Å²) < 4.78 is 6.74. The predicted octanol–water partition coefficient (Wildman–Crippen LogP) is 2.72. The van der Waals surface area contributed by atoms with Crippen molar-refractivity contribution in [1.29, 1.82) is 0 Å². The molecule has 1 N–H and O–H groups in total. The largest absolute Gasteiger partial charge is 0.413 e. The van der Waals surface area contributed by atoms with Crippen LogP contribution in [-0.4, -0.2) is 51.3 Å². The van der Waals surface area contributed by atoms with Gasteiger partial charge in [-0.3, -0.25) is 4.79 Å². The van der Waals surface area contributed by atoms with Gasteiger partial charge in [0.1, 0.15) is 10.6 Å². The van der Waals surface area contributed by atoms with Crippen LogP contribution < -0.4 is 10.1 Å². The Morgan fingerprint density at radius 1 is 1.24 bits per heavy atom. The highest BCUT2D eigenvalue weighted by atomic mass is 32.1. The Balaban J connectivity index is 1.30. The highest BCUT2D eigenvalue weighted by Gasteiger charge is 2.27. The lowest BCUT2D eigenvalue weighted by atomic mass is 10.2. The number of hydrogen-bond acceptors (Lipinski definition) is 6. The maximum atomic E-state index is 12.4. The second-order valence-corrected chi connectivity index (χ2v) is 7.57. The summed E-state index contributed by atoms with van der Waals surface area (Å²) in [6.45, 7) is 1.82. The normalized spacial score (nSPS) is 13.1. The molecule has 2 amide bonds. The number of aryl methyl sites for hydroxylation is 1. The van der Waals surface area contributed by atoms with Gasteiger partial charge in [-0.05, 0) is 6.42 Å². The van der Waals surface area contributed by atoms with E-state index in [1.807, 2.05) is 35.7 Å². The molecular formula is C20H21N5O3S. The number of amides is 2. The maximum absolute atomic E-state index is 12.4. The molecule has 9 heteroatoms. The number of carbonyl (C=O) groups excluding carboxylic acids is 2. The number of hydrogen-bond donors (Lipinski definition) is 1. The van der Waals surface area contributed by atoms with Crippen LogP contribution in [0.15, 0.2) is 41.9 Å². The van der Waals surface area contributed by atoms with Gasteiger partial charge in [0, 0.05) is 44.0 Å². The second kappa shape index (κ2) is 8.44. The molecule has 1 saturated heterocycles. The number of benzene rings is 1. The standard InChI is InChI=1S/C20H21N5O3S/c1-24-19(16(12-22-24)18(26)25-10-5-11-25)28-20(27)21-9-8-15-13-29-17(23-15)14-6-3-2-4-7-14/h2-4,6-7,12-13H,5,8-11H2,1H3,(H,21,27). The van der Waals surface area contributed by atoms with Crippen LogP contribution in [0.5, 0.6) is 5.88 Å². The summed E-state index contributed by atoms with van der Waals surface area (Å²) in [5.41, 5.74) is 2.28. The molecule has 2 aromatic heterocycles. The zero-order chi connectivity index (χ0) is 20.2. The van der Waals surface area contributed by atoms with E-state index in [0.29, 0.717) is 18.5 Å². The first-order valence-corrected chi connectivity index (χ1v) is 10.3. The van der Waals surface area contributed by atoms with Gasteiger partial charge in [-0.15, -0.1) is 11.3 Å². The Morgan fingerprint density at radius 2 is 2.03 bits per heavy atom. The summed E-state index contributed by atoms with van der Waals surface area (Å²) in [6.07, 6.45) is 2.39. The summed E-state index contributed by atoms with van der Waals surface area (Å²) in [5.74, 6) is -0.0116. The van der Waals surface area contributed by atoms with E-state index in [4.69, 9.17) is 4.74 Å². The molecule has 3 heterocycles. The van der Waals surface area contributed by atoms with Gasteiger partial charge in [-0.25, -0.2) is 14.5 Å². The first-order chi connectivity index (χ1) is 14.1. The van der Waals surface area contributed by atoms with Crippen LogP contribution in [0.4, 0.5) is 4.79 Å². The van der Waals surface area contributed by atoms with Crippen molar-refractivity contribution in [2.75, 3.05) is 19.6 Å². The van der Waals surface area contributed by atoms with Gasteiger partial charge in [0.05, 0.1) is 11.9 Å². The number of nitrogens with zero attached hydrogens (tertiary/aromatic N) is 4. The zero-order valence-electron chi connectivity index (χ0n) is 16.0. The van der Waals surface area contributed by atoms with Crippen LogP contribution in [0.25, 0.3) is 10.6 Å². The van der Waals surface area contributed by atoms with Crippen molar-refractivity contribution in [3.8, 4) is 16.5 Å². The van der Waals surface area contributed by atoms with Crippen molar-refractivity contribution >= 4 is 23.3 Å². The Hall–Kier alpha value is -3.20. The van der Waals surface area contributed by atoms with Gasteiger partial charge in [-0.2, -0.15) is 5.10 Å². The number of aromatic nitrogens is 3. The smallest absolute Gasteiger partial charge is 0.391 e. The Kier molecular flexibility index (Phi) is 5.57. The van der Waals surface area contributed by atoms with Crippen molar-refractivity contribution in [1.82, 2.24) is 25.0 Å². The fraction of sp³-hybridized carbons (Fsp3) is 0.300. The summed E-state index contributed by atoms with van der Waals surface area (Å²) >= 11 is 1.57. The lowest BCUT2D eigenvalue weighted by Crippen LogP contribution is -2.42. The van der Waals surface area contributed by atoms with Crippen LogP contribution in [0, 0.1) is 0 Å². The molecule has 0 spiro atoms. The van der Waals surface area contributed by atoms with Crippen LogP contribution >= 0.6 is 11.3 Å². The lowest BCUT2D eigenvalue weighted by molar-refractivity contribution is 0.0648. The molecule has 29 heavy (non-hydrogen) atoms. The molecule has 1 fully saturated rings. The summed E-state index contributed by atoms with van der Waals surface area (Å²) in [5, 5.41) is 9.69. The van der Waals surface area contributed by atoms with E-state index in [0.717, 1.165) is 35.8 Å². The van der Waals surface area contributed by atoms with E-state index in [2.05, 4.69) is 15.4 Å². The molecule has 0 bridgehead atoms. The fourth-order valence-corrected chi connectivity index (χ4v) is 3.80. The molecule has 4 rings (SSSR count). The molecule has 1 aliphatic rings. The van der Waals surface area contributed by atoms with E-state index in [1.54, 1.807) is 23.3 Å². The monoisotopic (exact) mass is 411 g/mol. The molecule has 0 atom stereocenters. The molecule has 1 aromatic carbocycles. The number of thiazole rings is 1. The molecule has 150 valence electrons. The molecule has 0 radical (unpaired) electrons. The number of nitrogens with one attached hydrogen (secondary N) is 1. The number of carbonyl (C=O) groups is 2. The highest BCUT2D eigenvalue weighted by Crippen LogP contribution is 2.24. The Labute approximate surface area is 172 Å². The highest BCUT2D eigenvalue weighted by molar-refractivity contribution is 7.13. The van der Waals surface area contributed by atoms with Gasteiger partial charge in [0.25, 0.3) is 5.91 Å². The predicted molar refractivity (Wildman–Crippen MR) is 109 cm³/mol. The van der Waals surface area contributed by atoms with Crippen molar-refractivity contribution < 1.29 is 14.3 Å². The first kappa shape index (κ1) is 19.1. The topological polar surface area (TPSA) is 89.4 Å². The van der Waals surface area contributed by atoms with E-state index in [1.165, 1.54) is 10.9 Å². The van der Waals surface area contributed by atoms with E-state index < -0.39 is 6.09 Å². The van der Waals surface area contributed by atoms with Gasteiger partial charge < -0.3 is 15.0 Å². The Bertz CT molecular complexity index is 1010. The molecular weight excluding hydrogens is 390 g/mol. The van der Waals surface area contributed by atoms with Crippen molar-refractivity contribution in [3.63, 3.8) is 0 Å². The third kappa shape index (κ3) is 4.29. The van der Waals surface area contributed by atoms with Gasteiger partial charge in [0.15, 0.2) is 0 Å². The van der Waals surface area contributed by atoms with Gasteiger partial charge in [0.2, 0.25) is 5.88 Å². The molecule has 0 saturated carbocycles. The second-order valence-electron chi connectivity index (χ2n) is 6.71. The molecule has 0 aliphatic carbocycles. The maximum Gasteiger partial charge on any atom is 0.413 e. The minimum atomic E-state index is -0.621. The fourth-order valence-electron chi connectivity index (χ4n) is 2.94. The van der Waals surface area contributed by atoms with Crippen LogP contribution in [-0.2, 0) is 13.5 Å². The third-order valence-corrected chi connectivity index (χ3v) is 5.61. The van der Waals surface area contributed by atoms with Crippen LogP contribution in [0.1, 0.15) is 22.5 Å². The number of likely N-dealkylation sites (tertiary alicyclic amines) is 1. The zero-order valence-corrected chi connectivity index (χ0v) is 16.8. The lowest BCUT2D eigenvalue weighted by Gasteiger charge is -2.30. The van der Waals surface area contributed by atoms with Crippen LogP contribution in [0.2, 0.25) is 0 Å². The minimum absolute atomic E-state index is 0.152. The van der Waals surface area contributed by atoms with Gasteiger partial charge in [-0.1, -0.05) is 30.3 Å². The summed E-state index contributed by atoms with van der Waals surface area (Å²) in [6, 6.07) is 9.97. The van der Waals surface area contributed by atoms with E-state index in [-0.39, 0.29) is 11.8 Å². The van der Waals surface area contributed by atoms with E-state index in [9.17, 15) is 9.59 Å². The van der Waals surface area contributed by atoms with E-state index >= 15 is 0 Å². The minimum Gasteiger partial charge on any atom is -0.391 e. The molecule has 0 unspecified atom stereocenters. The SMILES string of the molecule is Cn1ncc(C(=O)N2CCC2)c1OC(=O)NCCc1csc(-c2ccccc2)n1. The van der Waals surface area contributed by atoms with Crippen molar-refractivity contribution in [3.05, 3.63) is 53.2 Å². The molecule has 3 aromatic rings.